The fourth-order valence-corrected chi connectivity index (χ4v) is 6.33. The molecule has 0 radical (unpaired) electrons. The number of halogens is 5. The zero-order valence-electron chi connectivity index (χ0n) is 25.3. The first kappa shape index (κ1) is 35.1. The SMILES string of the molecule is CCS(=O)(=O)c1ccc([C@H](CO)NC(=O)c2ccc(N3C[C@H](N(C)c4ccc(C(F)(F)F)cc4)CC[C@H]3COC(F)F)cc2)cc1. The van der Waals surface area contributed by atoms with Crippen LogP contribution in [0.25, 0.3) is 0 Å². The van der Waals surface area contributed by atoms with Crippen molar-refractivity contribution >= 4 is 27.1 Å². The molecule has 0 bridgehead atoms. The van der Waals surface area contributed by atoms with Crippen LogP contribution >= 0.6 is 0 Å². The Hall–Kier alpha value is -3.75. The number of nitrogens with one attached hydrogen (secondary N) is 1. The lowest BCUT2D eigenvalue weighted by Gasteiger charge is -2.44. The van der Waals surface area contributed by atoms with Crippen LogP contribution in [-0.2, 0) is 20.8 Å². The van der Waals surface area contributed by atoms with Gasteiger partial charge in [0.15, 0.2) is 9.84 Å². The van der Waals surface area contributed by atoms with Crippen molar-refractivity contribution in [1.29, 1.82) is 0 Å². The van der Waals surface area contributed by atoms with Crippen LogP contribution in [0.5, 0.6) is 0 Å². The maximum atomic E-state index is 13.1. The van der Waals surface area contributed by atoms with Crippen LogP contribution < -0.4 is 15.1 Å². The van der Waals surface area contributed by atoms with Crippen molar-refractivity contribution in [2.24, 2.45) is 0 Å². The number of likely N-dealkylation sites (N-methyl/N-ethyl adjacent to an activating group) is 1. The average molecular weight is 670 g/mol. The molecule has 1 fully saturated rings. The molecule has 0 unspecified atom stereocenters. The van der Waals surface area contributed by atoms with Crippen molar-refractivity contribution in [1.82, 2.24) is 5.32 Å². The smallest absolute Gasteiger partial charge is 0.394 e. The van der Waals surface area contributed by atoms with E-state index in [1.54, 1.807) is 31.3 Å². The quantitative estimate of drug-likeness (QED) is 0.240. The van der Waals surface area contributed by atoms with Crippen molar-refractivity contribution in [3.63, 3.8) is 0 Å². The van der Waals surface area contributed by atoms with Gasteiger partial charge in [-0.3, -0.25) is 4.79 Å². The Morgan fingerprint density at radius 1 is 1.02 bits per heavy atom. The number of carbonyl (C=O) groups is 1. The number of benzene rings is 3. The molecule has 0 aromatic heterocycles. The van der Waals surface area contributed by atoms with Gasteiger partial charge in [0, 0.05) is 36.6 Å². The number of hydrogen-bond acceptors (Lipinski definition) is 7. The van der Waals surface area contributed by atoms with Crippen molar-refractivity contribution in [3.05, 3.63) is 89.5 Å². The molecule has 8 nitrogen and oxygen atoms in total. The molecule has 1 aliphatic heterocycles. The number of aliphatic hydroxyl groups is 1. The van der Waals surface area contributed by atoms with Gasteiger partial charge in [-0.2, -0.15) is 22.0 Å². The predicted octanol–water partition coefficient (Wildman–Crippen LogP) is 5.68. The lowest BCUT2D eigenvalue weighted by Crippen LogP contribution is -2.53. The van der Waals surface area contributed by atoms with E-state index < -0.39 is 52.8 Å². The summed E-state index contributed by atoms with van der Waals surface area (Å²) in [4.78, 5) is 16.9. The van der Waals surface area contributed by atoms with Crippen LogP contribution in [0.3, 0.4) is 0 Å². The number of anilines is 2. The summed E-state index contributed by atoms with van der Waals surface area (Å²) in [6, 6.07) is 15.8. The highest BCUT2D eigenvalue weighted by molar-refractivity contribution is 7.91. The minimum atomic E-state index is -4.45. The number of sulfone groups is 1. The number of amides is 1. The second-order valence-corrected chi connectivity index (χ2v) is 13.3. The highest BCUT2D eigenvalue weighted by Gasteiger charge is 2.33. The largest absolute Gasteiger partial charge is 0.416 e. The Morgan fingerprint density at radius 3 is 2.20 bits per heavy atom. The number of carbonyl (C=O) groups excluding carboxylic acids is 1. The maximum absolute atomic E-state index is 13.1. The number of alkyl halides is 5. The number of aliphatic hydroxyl groups excluding tert-OH is 1. The van der Waals surface area contributed by atoms with Crippen LogP contribution in [0, 0.1) is 0 Å². The lowest BCUT2D eigenvalue weighted by molar-refractivity contribution is -0.137. The van der Waals surface area contributed by atoms with Crippen molar-refractivity contribution in [3.8, 4) is 0 Å². The Bertz CT molecular complexity index is 1550. The molecule has 14 heteroatoms. The third-order valence-electron chi connectivity index (χ3n) is 8.22. The zero-order chi connectivity index (χ0) is 33.6. The molecule has 0 saturated carbocycles. The summed E-state index contributed by atoms with van der Waals surface area (Å²) in [5, 5.41) is 12.7. The Morgan fingerprint density at radius 2 is 1.65 bits per heavy atom. The second kappa shape index (κ2) is 14.8. The molecular weight excluding hydrogens is 633 g/mol. The second-order valence-electron chi connectivity index (χ2n) is 11.0. The first-order valence-electron chi connectivity index (χ1n) is 14.6. The van der Waals surface area contributed by atoms with Gasteiger partial charge in [-0.05, 0) is 79.1 Å². The molecule has 1 saturated heterocycles. The summed E-state index contributed by atoms with van der Waals surface area (Å²) in [6.07, 6.45) is -3.40. The summed E-state index contributed by atoms with van der Waals surface area (Å²) in [5.41, 5.74) is 1.24. The number of ether oxygens (including phenoxy) is 1. The van der Waals surface area contributed by atoms with E-state index in [9.17, 15) is 40.3 Å². The van der Waals surface area contributed by atoms with E-state index in [1.807, 2.05) is 9.80 Å². The van der Waals surface area contributed by atoms with Gasteiger partial charge in [-0.1, -0.05) is 19.1 Å². The summed E-state index contributed by atoms with van der Waals surface area (Å²) in [5.74, 6) is -0.553. The van der Waals surface area contributed by atoms with Gasteiger partial charge in [0.2, 0.25) is 0 Å². The first-order valence-corrected chi connectivity index (χ1v) is 16.3. The van der Waals surface area contributed by atoms with Crippen LogP contribution in [0.1, 0.15) is 47.3 Å². The molecule has 4 rings (SSSR count). The molecule has 3 aromatic rings. The summed E-state index contributed by atoms with van der Waals surface area (Å²) in [6.45, 7) is -1.73. The zero-order valence-corrected chi connectivity index (χ0v) is 26.1. The number of nitrogens with zero attached hydrogens (tertiary/aromatic N) is 2. The topological polar surface area (TPSA) is 99.2 Å². The fourth-order valence-electron chi connectivity index (χ4n) is 5.45. The Kier molecular flexibility index (Phi) is 11.3. The maximum Gasteiger partial charge on any atom is 0.416 e. The van der Waals surface area contributed by atoms with Gasteiger partial charge in [0.1, 0.15) is 0 Å². The third kappa shape index (κ3) is 8.53. The minimum Gasteiger partial charge on any atom is -0.394 e. The van der Waals surface area contributed by atoms with Gasteiger partial charge in [-0.15, -0.1) is 0 Å². The molecule has 1 heterocycles. The van der Waals surface area contributed by atoms with Gasteiger partial charge in [0.05, 0.1) is 41.5 Å². The van der Waals surface area contributed by atoms with E-state index in [0.29, 0.717) is 36.3 Å². The monoisotopic (exact) mass is 669 g/mol. The van der Waals surface area contributed by atoms with Crippen LogP contribution in [0.4, 0.5) is 33.3 Å². The van der Waals surface area contributed by atoms with Crippen LogP contribution in [-0.4, -0.2) is 70.7 Å². The molecule has 2 N–H and O–H groups in total. The van der Waals surface area contributed by atoms with Crippen molar-refractivity contribution in [2.75, 3.05) is 42.4 Å². The fraction of sp³-hybridized carbons (Fsp3) is 0.406. The van der Waals surface area contributed by atoms with Gasteiger partial charge < -0.3 is 25.0 Å². The molecule has 250 valence electrons. The average Bonchev–Trinajstić information content (AvgIpc) is 3.05. The molecular formula is C32H36F5N3O5S. The lowest BCUT2D eigenvalue weighted by atomic mass is 9.96. The molecule has 1 aliphatic rings. The van der Waals surface area contributed by atoms with E-state index in [-0.39, 0.29) is 28.9 Å². The number of piperidine rings is 1. The molecule has 46 heavy (non-hydrogen) atoms. The van der Waals surface area contributed by atoms with E-state index in [4.69, 9.17) is 0 Å². The number of hydrogen-bond donors (Lipinski definition) is 2. The minimum absolute atomic E-state index is 0.0591. The molecule has 0 spiro atoms. The molecule has 3 atom stereocenters. The summed E-state index contributed by atoms with van der Waals surface area (Å²) < 4.78 is 93.8. The molecule has 3 aromatic carbocycles. The molecule has 0 aliphatic carbocycles. The van der Waals surface area contributed by atoms with E-state index in [1.165, 1.54) is 43.3 Å². The highest BCUT2D eigenvalue weighted by Crippen LogP contribution is 2.33. The van der Waals surface area contributed by atoms with Gasteiger partial charge in [-0.25, -0.2) is 8.42 Å². The van der Waals surface area contributed by atoms with Gasteiger partial charge >= 0.3 is 12.8 Å². The predicted molar refractivity (Wildman–Crippen MR) is 164 cm³/mol. The normalized spacial score (nSPS) is 18.0. The standard InChI is InChI=1S/C32H36F5N3O5S/c1-3-46(43,44)28-16-6-21(7-17-28)29(19-41)38-30(42)22-4-10-25(11-5-22)40-18-26(14-15-27(40)20-45-31(33)34)39(2)24-12-8-23(9-13-24)32(35,36)37/h4-13,16-17,26-27,29,31,41H,3,14-15,18-20H2,1-2H3,(H,38,42)/t26-,27+,29+/m1/s1. The van der Waals surface area contributed by atoms with E-state index in [2.05, 4.69) is 10.1 Å². The third-order valence-corrected chi connectivity index (χ3v) is 9.97. The van der Waals surface area contributed by atoms with Crippen molar-refractivity contribution < 1.29 is 45.0 Å². The molecule has 1 amide bonds. The first-order chi connectivity index (χ1) is 21.7. The van der Waals surface area contributed by atoms with E-state index >= 15 is 0 Å². The van der Waals surface area contributed by atoms with E-state index in [0.717, 1.165) is 12.1 Å². The van der Waals surface area contributed by atoms with Crippen LogP contribution in [0.2, 0.25) is 0 Å². The Balaban J connectivity index is 1.49. The summed E-state index contributed by atoms with van der Waals surface area (Å²) >= 11 is 0. The number of rotatable bonds is 12. The summed E-state index contributed by atoms with van der Waals surface area (Å²) in [7, 11) is -1.64. The van der Waals surface area contributed by atoms with Crippen LogP contribution in [0.15, 0.2) is 77.7 Å². The highest BCUT2D eigenvalue weighted by atomic mass is 32.2. The van der Waals surface area contributed by atoms with Crippen molar-refractivity contribution in [2.45, 2.75) is 55.6 Å². The Labute approximate surface area is 264 Å². The van der Waals surface area contributed by atoms with Gasteiger partial charge in [0.25, 0.3) is 5.91 Å².